The maximum atomic E-state index is 12.5. The van der Waals surface area contributed by atoms with Crippen molar-refractivity contribution in [3.05, 3.63) is 75.3 Å². The molecule has 4 rings (SSSR count). The average Bonchev–Trinajstić information content (AvgIpc) is 2.65. The van der Waals surface area contributed by atoms with E-state index in [0.717, 1.165) is 67.0 Å². The molecule has 5 heteroatoms. The first-order valence-corrected chi connectivity index (χ1v) is 9.55. The number of fused-ring (bicyclic) bond motifs is 1. The molecule has 0 bridgehead atoms. The summed E-state index contributed by atoms with van der Waals surface area (Å²) in [5.74, 6) is 0. The molecule has 0 aliphatic carbocycles. The molecule has 3 heterocycles. The maximum absolute atomic E-state index is 12.5. The Morgan fingerprint density at radius 3 is 2.33 bits per heavy atom. The molecule has 1 aromatic carbocycles. The van der Waals surface area contributed by atoms with E-state index in [1.54, 1.807) is 6.07 Å². The SMILES string of the molecule is Cc1cc(C)c2[nH]c(CN3CCN(Cc4ccncc4)CC3)cc(=O)c2c1. The highest BCUT2D eigenvalue weighted by Crippen LogP contribution is 2.17. The molecule has 0 amide bonds. The van der Waals surface area contributed by atoms with Gasteiger partial charge in [0.25, 0.3) is 0 Å². The van der Waals surface area contributed by atoms with E-state index in [1.165, 1.54) is 5.56 Å². The van der Waals surface area contributed by atoms with E-state index in [-0.39, 0.29) is 5.43 Å². The van der Waals surface area contributed by atoms with Gasteiger partial charge in [0.1, 0.15) is 0 Å². The van der Waals surface area contributed by atoms with Gasteiger partial charge < -0.3 is 4.98 Å². The first-order valence-electron chi connectivity index (χ1n) is 9.55. The Hall–Kier alpha value is -2.50. The van der Waals surface area contributed by atoms with Gasteiger partial charge in [-0.05, 0) is 48.7 Å². The number of rotatable bonds is 4. The summed E-state index contributed by atoms with van der Waals surface area (Å²) in [4.78, 5) is 25.0. The molecule has 5 nitrogen and oxygen atoms in total. The lowest BCUT2D eigenvalue weighted by molar-refractivity contribution is 0.121. The summed E-state index contributed by atoms with van der Waals surface area (Å²) in [6.07, 6.45) is 3.70. The number of hydrogen-bond donors (Lipinski definition) is 1. The van der Waals surface area contributed by atoms with Gasteiger partial charge in [0.15, 0.2) is 5.43 Å². The minimum absolute atomic E-state index is 0.113. The van der Waals surface area contributed by atoms with Crippen LogP contribution in [0.3, 0.4) is 0 Å². The number of aromatic amines is 1. The van der Waals surface area contributed by atoms with Crippen molar-refractivity contribution in [1.82, 2.24) is 19.8 Å². The summed E-state index contributed by atoms with van der Waals surface area (Å²) in [6, 6.07) is 10.0. The van der Waals surface area contributed by atoms with E-state index in [0.29, 0.717) is 0 Å². The van der Waals surface area contributed by atoms with Crippen molar-refractivity contribution in [2.45, 2.75) is 26.9 Å². The lowest BCUT2D eigenvalue weighted by Gasteiger charge is -2.34. The third-order valence-electron chi connectivity index (χ3n) is 5.35. The molecule has 2 aromatic heterocycles. The van der Waals surface area contributed by atoms with Gasteiger partial charge in [-0.1, -0.05) is 6.07 Å². The van der Waals surface area contributed by atoms with Crippen molar-refractivity contribution >= 4 is 10.9 Å². The van der Waals surface area contributed by atoms with Crippen molar-refractivity contribution in [2.24, 2.45) is 0 Å². The van der Waals surface area contributed by atoms with Gasteiger partial charge in [-0.2, -0.15) is 0 Å². The van der Waals surface area contributed by atoms with E-state index in [2.05, 4.69) is 44.9 Å². The third kappa shape index (κ3) is 4.10. The second kappa shape index (κ2) is 7.62. The lowest BCUT2D eigenvalue weighted by atomic mass is 10.1. The van der Waals surface area contributed by atoms with Crippen molar-refractivity contribution < 1.29 is 0 Å². The van der Waals surface area contributed by atoms with E-state index < -0.39 is 0 Å². The summed E-state index contributed by atoms with van der Waals surface area (Å²) in [5, 5.41) is 0.790. The minimum Gasteiger partial charge on any atom is -0.357 e. The number of nitrogens with zero attached hydrogens (tertiary/aromatic N) is 3. The van der Waals surface area contributed by atoms with Gasteiger partial charge in [-0.15, -0.1) is 0 Å². The Balaban J connectivity index is 1.42. The third-order valence-corrected chi connectivity index (χ3v) is 5.35. The molecule has 0 saturated carbocycles. The molecule has 0 radical (unpaired) electrons. The molecule has 0 unspecified atom stereocenters. The van der Waals surface area contributed by atoms with Crippen LogP contribution in [0.15, 0.2) is 47.5 Å². The molecule has 140 valence electrons. The summed E-state index contributed by atoms with van der Waals surface area (Å²) in [5.41, 5.74) is 5.65. The van der Waals surface area contributed by atoms with Gasteiger partial charge in [0.2, 0.25) is 0 Å². The van der Waals surface area contributed by atoms with Crippen LogP contribution in [0.2, 0.25) is 0 Å². The van der Waals surface area contributed by atoms with Crippen LogP contribution in [0.1, 0.15) is 22.4 Å². The number of H-pyrrole nitrogens is 1. The van der Waals surface area contributed by atoms with Gasteiger partial charge >= 0.3 is 0 Å². The molecular weight excluding hydrogens is 336 g/mol. The van der Waals surface area contributed by atoms with Gasteiger partial charge in [-0.3, -0.25) is 19.6 Å². The first kappa shape index (κ1) is 17.9. The van der Waals surface area contributed by atoms with Crippen molar-refractivity contribution in [2.75, 3.05) is 26.2 Å². The second-order valence-corrected chi connectivity index (χ2v) is 7.57. The monoisotopic (exact) mass is 362 g/mol. The van der Waals surface area contributed by atoms with Crippen LogP contribution in [0, 0.1) is 13.8 Å². The van der Waals surface area contributed by atoms with Crippen LogP contribution in [0.4, 0.5) is 0 Å². The highest BCUT2D eigenvalue weighted by molar-refractivity contribution is 5.82. The van der Waals surface area contributed by atoms with Crippen molar-refractivity contribution in [3.8, 4) is 0 Å². The lowest BCUT2D eigenvalue weighted by Crippen LogP contribution is -2.45. The topological polar surface area (TPSA) is 52.2 Å². The van der Waals surface area contributed by atoms with Crippen LogP contribution in [-0.4, -0.2) is 45.9 Å². The second-order valence-electron chi connectivity index (χ2n) is 7.57. The standard InChI is InChI=1S/C22H26N4O/c1-16-11-17(2)22-20(12-16)21(27)13-19(24-22)15-26-9-7-25(8-10-26)14-18-3-5-23-6-4-18/h3-6,11-13H,7-10,14-15H2,1-2H3,(H,24,27). The molecule has 0 atom stereocenters. The number of aromatic nitrogens is 2. The molecule has 3 aromatic rings. The highest BCUT2D eigenvalue weighted by Gasteiger charge is 2.18. The van der Waals surface area contributed by atoms with E-state index in [9.17, 15) is 4.79 Å². The molecule has 0 spiro atoms. The number of aryl methyl sites for hydroxylation is 2. The zero-order valence-electron chi connectivity index (χ0n) is 16.0. The van der Waals surface area contributed by atoms with Crippen molar-refractivity contribution in [1.29, 1.82) is 0 Å². The fraction of sp³-hybridized carbons (Fsp3) is 0.364. The summed E-state index contributed by atoms with van der Waals surface area (Å²) >= 11 is 0. The fourth-order valence-electron chi connectivity index (χ4n) is 3.94. The minimum atomic E-state index is 0.113. The van der Waals surface area contributed by atoms with Crippen LogP contribution in [0.5, 0.6) is 0 Å². The number of hydrogen-bond acceptors (Lipinski definition) is 4. The molecular formula is C22H26N4O. The van der Waals surface area contributed by atoms with Gasteiger partial charge in [-0.25, -0.2) is 0 Å². The Morgan fingerprint density at radius 1 is 0.963 bits per heavy atom. The number of piperazine rings is 1. The van der Waals surface area contributed by atoms with E-state index in [1.807, 2.05) is 25.4 Å². The average molecular weight is 362 g/mol. The summed E-state index contributed by atoms with van der Waals surface area (Å²) in [7, 11) is 0. The molecule has 1 aliphatic rings. The van der Waals surface area contributed by atoms with E-state index in [4.69, 9.17) is 0 Å². The molecule has 1 aliphatic heterocycles. The Bertz CT molecular complexity index is 988. The predicted octanol–water partition coefficient (Wildman–Crippen LogP) is 2.86. The Morgan fingerprint density at radius 2 is 1.63 bits per heavy atom. The largest absolute Gasteiger partial charge is 0.357 e. The van der Waals surface area contributed by atoms with Gasteiger partial charge in [0, 0.05) is 68.8 Å². The van der Waals surface area contributed by atoms with Crippen LogP contribution >= 0.6 is 0 Å². The highest BCUT2D eigenvalue weighted by atomic mass is 16.1. The maximum Gasteiger partial charge on any atom is 0.189 e. The number of benzene rings is 1. The Kier molecular flexibility index (Phi) is 5.05. The van der Waals surface area contributed by atoms with Crippen LogP contribution in [-0.2, 0) is 13.1 Å². The quantitative estimate of drug-likeness (QED) is 0.775. The summed E-state index contributed by atoms with van der Waals surface area (Å²) < 4.78 is 0. The smallest absolute Gasteiger partial charge is 0.189 e. The molecule has 1 N–H and O–H groups in total. The Labute approximate surface area is 159 Å². The van der Waals surface area contributed by atoms with Crippen LogP contribution < -0.4 is 5.43 Å². The predicted molar refractivity (Wildman–Crippen MR) is 109 cm³/mol. The molecule has 1 saturated heterocycles. The fourth-order valence-corrected chi connectivity index (χ4v) is 3.94. The molecule has 27 heavy (non-hydrogen) atoms. The van der Waals surface area contributed by atoms with Crippen molar-refractivity contribution in [3.63, 3.8) is 0 Å². The number of nitrogens with one attached hydrogen (secondary N) is 1. The summed E-state index contributed by atoms with van der Waals surface area (Å²) in [6.45, 7) is 9.97. The number of pyridine rings is 2. The van der Waals surface area contributed by atoms with Gasteiger partial charge in [0.05, 0.1) is 5.52 Å². The zero-order valence-corrected chi connectivity index (χ0v) is 16.0. The zero-order chi connectivity index (χ0) is 18.8. The van der Waals surface area contributed by atoms with E-state index >= 15 is 0 Å². The molecule has 1 fully saturated rings. The first-order chi connectivity index (χ1) is 13.1. The normalized spacial score (nSPS) is 16.1. The van der Waals surface area contributed by atoms with Crippen LogP contribution in [0.25, 0.3) is 10.9 Å².